The molecule has 1 nitrogen and oxygen atoms in total. The van der Waals surface area contributed by atoms with E-state index in [9.17, 15) is 0 Å². The second kappa shape index (κ2) is 6.41. The summed E-state index contributed by atoms with van der Waals surface area (Å²) in [4.78, 5) is 0. The van der Waals surface area contributed by atoms with Gasteiger partial charge in [0.2, 0.25) is 0 Å². The molecular weight excluding hydrogens is 242 g/mol. The number of rotatable bonds is 5. The lowest BCUT2D eigenvalue weighted by molar-refractivity contribution is 0.363. The largest absolute Gasteiger partial charge is 0.312 e. The molecule has 0 saturated carbocycles. The molecule has 108 valence electrons. The van der Waals surface area contributed by atoms with E-state index in [4.69, 9.17) is 0 Å². The van der Waals surface area contributed by atoms with E-state index >= 15 is 0 Å². The minimum Gasteiger partial charge on any atom is -0.312 e. The molecule has 1 N–H and O–H groups in total. The molecule has 0 saturated heterocycles. The monoisotopic (exact) mass is 269 g/mol. The molecule has 0 radical (unpaired) electrons. The first-order valence-electron chi connectivity index (χ1n) is 7.71. The first-order chi connectivity index (χ1) is 9.49. The normalized spacial score (nSPS) is 13.6. The molecule has 0 aliphatic carbocycles. The van der Waals surface area contributed by atoms with Gasteiger partial charge in [0.25, 0.3) is 0 Å². The molecule has 0 amide bonds. The van der Waals surface area contributed by atoms with E-state index in [1.807, 2.05) is 0 Å². The Morgan fingerprint density at radius 1 is 1.00 bits per heavy atom. The fraction of sp³-hybridized carbons (Fsp3) is 0.474. The van der Waals surface area contributed by atoms with Crippen molar-refractivity contribution >= 4 is 10.8 Å². The van der Waals surface area contributed by atoms with Gasteiger partial charge in [-0.1, -0.05) is 55.8 Å². The van der Waals surface area contributed by atoms with Crippen molar-refractivity contribution in [2.45, 2.75) is 46.1 Å². The Labute approximate surface area is 123 Å². The van der Waals surface area contributed by atoms with Gasteiger partial charge in [-0.15, -0.1) is 0 Å². The highest BCUT2D eigenvalue weighted by Crippen LogP contribution is 2.22. The van der Waals surface area contributed by atoms with Gasteiger partial charge < -0.3 is 5.32 Å². The molecule has 2 aromatic carbocycles. The predicted molar refractivity (Wildman–Crippen MR) is 89.2 cm³/mol. The summed E-state index contributed by atoms with van der Waals surface area (Å²) in [5.41, 5.74) is 1.68. The smallest absolute Gasteiger partial charge is 0.00966 e. The summed E-state index contributed by atoms with van der Waals surface area (Å²) in [5.74, 6) is 0.694. The average molecular weight is 269 g/mol. The van der Waals surface area contributed by atoms with Gasteiger partial charge in [-0.05, 0) is 56.0 Å². The predicted octanol–water partition coefficient (Wildman–Crippen LogP) is 4.80. The van der Waals surface area contributed by atoms with Crippen LogP contribution in [0.1, 0.15) is 39.7 Å². The standard InChI is InChI=1S/C19H27N/c1-5-15(14-20-19(2,3)4)13-17-11-8-10-16-9-6-7-12-18(16)17/h6-12,15,20H,5,13-14H2,1-4H3. The summed E-state index contributed by atoms with van der Waals surface area (Å²) in [6, 6.07) is 15.4. The van der Waals surface area contributed by atoms with Gasteiger partial charge in [0, 0.05) is 5.54 Å². The Balaban J connectivity index is 2.13. The molecule has 0 aliphatic rings. The molecule has 2 rings (SSSR count). The maximum absolute atomic E-state index is 3.64. The lowest BCUT2D eigenvalue weighted by Gasteiger charge is -2.25. The van der Waals surface area contributed by atoms with Crippen molar-refractivity contribution in [3.63, 3.8) is 0 Å². The lowest BCUT2D eigenvalue weighted by atomic mass is 9.92. The van der Waals surface area contributed by atoms with Gasteiger partial charge in [-0.25, -0.2) is 0 Å². The second-order valence-corrected chi connectivity index (χ2v) is 6.75. The lowest BCUT2D eigenvalue weighted by Crippen LogP contribution is -2.39. The number of benzene rings is 2. The summed E-state index contributed by atoms with van der Waals surface area (Å²) < 4.78 is 0. The van der Waals surface area contributed by atoms with E-state index in [-0.39, 0.29) is 5.54 Å². The van der Waals surface area contributed by atoms with Crippen molar-refractivity contribution in [2.24, 2.45) is 5.92 Å². The molecule has 0 bridgehead atoms. The second-order valence-electron chi connectivity index (χ2n) is 6.75. The van der Waals surface area contributed by atoms with E-state index in [1.54, 1.807) is 0 Å². The van der Waals surface area contributed by atoms with Crippen LogP contribution in [0.3, 0.4) is 0 Å². The van der Waals surface area contributed by atoms with Crippen LogP contribution in [-0.4, -0.2) is 12.1 Å². The fourth-order valence-electron chi connectivity index (χ4n) is 2.59. The maximum atomic E-state index is 3.64. The summed E-state index contributed by atoms with van der Waals surface area (Å²) in [6.45, 7) is 10.1. The molecule has 0 aliphatic heterocycles. The van der Waals surface area contributed by atoms with E-state index in [0.29, 0.717) is 5.92 Å². The highest BCUT2D eigenvalue weighted by Gasteiger charge is 2.14. The van der Waals surface area contributed by atoms with Gasteiger partial charge in [-0.2, -0.15) is 0 Å². The molecule has 2 aromatic rings. The molecule has 20 heavy (non-hydrogen) atoms. The number of fused-ring (bicyclic) bond motifs is 1. The van der Waals surface area contributed by atoms with E-state index in [0.717, 1.165) is 13.0 Å². The molecule has 1 atom stereocenters. The molecule has 1 unspecified atom stereocenters. The zero-order valence-electron chi connectivity index (χ0n) is 13.2. The van der Waals surface area contributed by atoms with Crippen LogP contribution >= 0.6 is 0 Å². The quantitative estimate of drug-likeness (QED) is 0.822. The molecule has 0 fully saturated rings. The maximum Gasteiger partial charge on any atom is 0.00966 e. The Bertz CT molecular complexity index is 546. The molecule has 1 heteroatoms. The van der Waals surface area contributed by atoms with Crippen molar-refractivity contribution in [3.05, 3.63) is 48.0 Å². The third-order valence-electron chi connectivity index (χ3n) is 3.89. The number of hydrogen-bond donors (Lipinski definition) is 1. The third kappa shape index (κ3) is 4.08. The van der Waals surface area contributed by atoms with Crippen LogP contribution in [0.5, 0.6) is 0 Å². The zero-order valence-corrected chi connectivity index (χ0v) is 13.2. The minimum absolute atomic E-state index is 0.201. The Kier molecular flexibility index (Phi) is 4.82. The van der Waals surface area contributed by atoms with Crippen LogP contribution in [0, 0.1) is 5.92 Å². The topological polar surface area (TPSA) is 12.0 Å². The van der Waals surface area contributed by atoms with Crippen LogP contribution in [0.25, 0.3) is 10.8 Å². The SMILES string of the molecule is CCC(CNC(C)(C)C)Cc1cccc2ccccc12. The van der Waals surface area contributed by atoms with E-state index < -0.39 is 0 Å². The van der Waals surface area contributed by atoms with E-state index in [2.05, 4.69) is 75.5 Å². The van der Waals surface area contributed by atoms with Crippen LogP contribution in [-0.2, 0) is 6.42 Å². The number of hydrogen-bond acceptors (Lipinski definition) is 1. The van der Waals surface area contributed by atoms with Crippen molar-refractivity contribution in [2.75, 3.05) is 6.54 Å². The minimum atomic E-state index is 0.201. The van der Waals surface area contributed by atoms with Crippen molar-refractivity contribution in [3.8, 4) is 0 Å². The highest BCUT2D eigenvalue weighted by atomic mass is 14.9. The summed E-state index contributed by atoms with van der Waals surface area (Å²) in [6.07, 6.45) is 2.37. The summed E-state index contributed by atoms with van der Waals surface area (Å²) in [7, 11) is 0. The van der Waals surface area contributed by atoms with Crippen molar-refractivity contribution < 1.29 is 0 Å². The van der Waals surface area contributed by atoms with Crippen molar-refractivity contribution in [1.82, 2.24) is 5.32 Å². The molecular formula is C19H27N. The van der Waals surface area contributed by atoms with Crippen molar-refractivity contribution in [1.29, 1.82) is 0 Å². The number of nitrogens with one attached hydrogen (secondary N) is 1. The fourth-order valence-corrected chi connectivity index (χ4v) is 2.59. The average Bonchev–Trinajstić information content (AvgIpc) is 2.42. The zero-order chi connectivity index (χ0) is 14.6. The van der Waals surface area contributed by atoms with Gasteiger partial charge in [-0.3, -0.25) is 0 Å². The van der Waals surface area contributed by atoms with Gasteiger partial charge in [0.1, 0.15) is 0 Å². The first kappa shape index (κ1) is 15.1. The van der Waals surface area contributed by atoms with Gasteiger partial charge >= 0.3 is 0 Å². The summed E-state index contributed by atoms with van der Waals surface area (Å²) in [5, 5.41) is 6.40. The Hall–Kier alpha value is -1.34. The summed E-state index contributed by atoms with van der Waals surface area (Å²) >= 11 is 0. The van der Waals surface area contributed by atoms with Gasteiger partial charge in [0.05, 0.1) is 0 Å². The third-order valence-corrected chi connectivity index (χ3v) is 3.89. The van der Waals surface area contributed by atoms with Crippen LogP contribution in [0.2, 0.25) is 0 Å². The van der Waals surface area contributed by atoms with Crippen LogP contribution in [0.15, 0.2) is 42.5 Å². The highest BCUT2D eigenvalue weighted by molar-refractivity contribution is 5.85. The molecule has 0 heterocycles. The van der Waals surface area contributed by atoms with E-state index in [1.165, 1.54) is 22.8 Å². The molecule has 0 aromatic heterocycles. The van der Waals surface area contributed by atoms with Crippen LogP contribution in [0.4, 0.5) is 0 Å². The molecule has 0 spiro atoms. The Morgan fingerprint density at radius 2 is 1.70 bits per heavy atom. The van der Waals surface area contributed by atoms with Gasteiger partial charge in [0.15, 0.2) is 0 Å². The Morgan fingerprint density at radius 3 is 2.40 bits per heavy atom. The first-order valence-corrected chi connectivity index (χ1v) is 7.71. The van der Waals surface area contributed by atoms with Crippen LogP contribution < -0.4 is 5.32 Å².